The van der Waals surface area contributed by atoms with Gasteiger partial charge in [-0.25, -0.2) is 0 Å². The van der Waals surface area contributed by atoms with Crippen molar-refractivity contribution in [2.45, 2.75) is 26.3 Å². The molecule has 0 aliphatic carbocycles. The molecule has 1 aromatic heterocycles. The molecule has 4 rings (SSSR count). The normalized spacial score (nSPS) is 15.0. The Kier molecular flexibility index (Phi) is 6.21. The predicted octanol–water partition coefficient (Wildman–Crippen LogP) is 4.33. The van der Waals surface area contributed by atoms with Gasteiger partial charge in [-0.15, -0.1) is 0 Å². The summed E-state index contributed by atoms with van der Waals surface area (Å²) < 4.78 is 2.13. The number of hydrogen-bond donors (Lipinski definition) is 0. The van der Waals surface area contributed by atoms with Gasteiger partial charge in [-0.05, 0) is 61.4 Å². The minimum Gasteiger partial charge on any atom is -0.368 e. The molecule has 1 aliphatic heterocycles. The molecule has 5 nitrogen and oxygen atoms in total. The highest BCUT2D eigenvalue weighted by Crippen LogP contribution is 2.27. The van der Waals surface area contributed by atoms with Gasteiger partial charge in [0.05, 0.1) is 12.5 Å². The number of piperazine rings is 1. The van der Waals surface area contributed by atoms with Crippen LogP contribution < -0.4 is 4.90 Å². The molecule has 31 heavy (non-hydrogen) atoms. The van der Waals surface area contributed by atoms with Gasteiger partial charge in [0.1, 0.15) is 0 Å². The molecule has 1 aliphatic rings. The highest BCUT2D eigenvalue weighted by Gasteiger charge is 2.25. The third-order valence-electron chi connectivity index (χ3n) is 6.17. The lowest BCUT2D eigenvalue weighted by molar-refractivity contribution is -0.132. The van der Waals surface area contributed by atoms with Gasteiger partial charge in [0, 0.05) is 49.8 Å². The zero-order valence-corrected chi connectivity index (χ0v) is 18.2. The number of aromatic nitrogens is 1. The Morgan fingerprint density at radius 2 is 1.52 bits per heavy atom. The van der Waals surface area contributed by atoms with E-state index in [4.69, 9.17) is 0 Å². The summed E-state index contributed by atoms with van der Waals surface area (Å²) >= 11 is 0. The molecule has 1 saturated heterocycles. The summed E-state index contributed by atoms with van der Waals surface area (Å²) in [5.74, 6) is 0.265. The molecule has 0 radical (unpaired) electrons. The number of amides is 1. The number of anilines is 1. The van der Waals surface area contributed by atoms with E-state index in [9.17, 15) is 9.59 Å². The Balaban J connectivity index is 1.42. The van der Waals surface area contributed by atoms with Crippen LogP contribution in [0.2, 0.25) is 0 Å². The van der Waals surface area contributed by atoms with Gasteiger partial charge >= 0.3 is 0 Å². The summed E-state index contributed by atoms with van der Waals surface area (Å²) in [5, 5.41) is 0. The molecular formula is C26H29N3O2. The highest BCUT2D eigenvalue weighted by atomic mass is 16.2. The molecule has 3 aromatic rings. The molecular weight excluding hydrogens is 386 g/mol. The van der Waals surface area contributed by atoms with Crippen molar-refractivity contribution >= 4 is 17.4 Å². The smallest absolute Gasteiger partial charge is 0.225 e. The molecule has 0 N–H and O–H groups in total. The van der Waals surface area contributed by atoms with Crippen molar-refractivity contribution in [2.75, 3.05) is 31.1 Å². The van der Waals surface area contributed by atoms with E-state index >= 15 is 0 Å². The number of hydrogen-bond acceptors (Lipinski definition) is 3. The van der Waals surface area contributed by atoms with Crippen LogP contribution in [0.25, 0.3) is 0 Å². The molecule has 2 heterocycles. The van der Waals surface area contributed by atoms with Gasteiger partial charge in [-0.1, -0.05) is 24.3 Å². The number of Topliss-reactive ketones (excluding diaryl/α,β-unsaturated/α-hetero) is 1. The number of carbonyl (C=O) groups excluding carboxylic acids is 2. The van der Waals surface area contributed by atoms with E-state index in [2.05, 4.69) is 28.5 Å². The van der Waals surface area contributed by atoms with Crippen LogP contribution in [0.4, 0.5) is 5.69 Å². The van der Waals surface area contributed by atoms with Gasteiger partial charge in [0.15, 0.2) is 5.78 Å². The first-order valence-electron chi connectivity index (χ1n) is 10.8. The third kappa shape index (κ3) is 4.71. The maximum Gasteiger partial charge on any atom is 0.225 e. The van der Waals surface area contributed by atoms with E-state index in [0.29, 0.717) is 19.5 Å². The SMILES string of the molecule is CC(=O)c1ccc(N2CCN(C(=O)C[C@H](c3ccccc3C)n3cccc3)CC2)cc1. The molecule has 5 heteroatoms. The first-order chi connectivity index (χ1) is 15.0. The van der Waals surface area contributed by atoms with E-state index in [1.54, 1.807) is 6.92 Å². The Morgan fingerprint density at radius 1 is 0.871 bits per heavy atom. The summed E-state index contributed by atoms with van der Waals surface area (Å²) in [4.78, 5) is 29.0. The first-order valence-corrected chi connectivity index (χ1v) is 10.8. The standard InChI is InChI=1S/C26H29N3O2/c1-20-7-3-4-8-24(20)25(28-13-5-6-14-28)19-26(31)29-17-15-27(16-18-29)23-11-9-22(10-12-23)21(2)30/h3-14,25H,15-19H2,1-2H3/t25-/m1/s1. The van der Waals surface area contributed by atoms with Crippen LogP contribution in [-0.2, 0) is 4.79 Å². The Labute approximate surface area is 183 Å². The third-order valence-corrected chi connectivity index (χ3v) is 6.17. The summed E-state index contributed by atoms with van der Waals surface area (Å²) in [6, 6.07) is 20.1. The van der Waals surface area contributed by atoms with Crippen molar-refractivity contribution in [3.63, 3.8) is 0 Å². The maximum absolute atomic E-state index is 13.2. The lowest BCUT2D eigenvalue weighted by atomic mass is 9.98. The molecule has 1 amide bonds. The number of ketones is 1. The van der Waals surface area contributed by atoms with Crippen LogP contribution in [0, 0.1) is 6.92 Å². The molecule has 0 unspecified atom stereocenters. The average molecular weight is 416 g/mol. The van der Waals surface area contributed by atoms with Gasteiger partial charge in [-0.2, -0.15) is 0 Å². The molecule has 2 aromatic carbocycles. The van der Waals surface area contributed by atoms with E-state index < -0.39 is 0 Å². The Hall–Kier alpha value is -3.34. The first kappa shape index (κ1) is 20.9. The fraction of sp³-hybridized carbons (Fsp3) is 0.308. The topological polar surface area (TPSA) is 45.6 Å². The highest BCUT2D eigenvalue weighted by molar-refractivity contribution is 5.94. The summed E-state index contributed by atoms with van der Waals surface area (Å²) in [6.07, 6.45) is 4.52. The van der Waals surface area contributed by atoms with Gasteiger partial charge in [0.25, 0.3) is 0 Å². The lowest BCUT2D eigenvalue weighted by Crippen LogP contribution is -2.49. The number of rotatable bonds is 6. The van der Waals surface area contributed by atoms with E-state index in [-0.39, 0.29) is 17.7 Å². The van der Waals surface area contributed by atoms with Gasteiger partial charge in [0.2, 0.25) is 5.91 Å². The maximum atomic E-state index is 13.2. The van der Waals surface area contributed by atoms with E-state index in [0.717, 1.165) is 24.3 Å². The Morgan fingerprint density at radius 3 is 2.13 bits per heavy atom. The quantitative estimate of drug-likeness (QED) is 0.563. The lowest BCUT2D eigenvalue weighted by Gasteiger charge is -2.37. The van der Waals surface area contributed by atoms with Crippen molar-refractivity contribution in [1.29, 1.82) is 0 Å². The second-order valence-corrected chi connectivity index (χ2v) is 8.18. The molecule has 0 bridgehead atoms. The molecule has 1 atom stereocenters. The molecule has 160 valence electrons. The van der Waals surface area contributed by atoms with Crippen LogP contribution in [0.5, 0.6) is 0 Å². The van der Waals surface area contributed by atoms with Crippen LogP contribution in [0.3, 0.4) is 0 Å². The van der Waals surface area contributed by atoms with Crippen molar-refractivity contribution in [2.24, 2.45) is 0 Å². The van der Waals surface area contributed by atoms with Crippen LogP contribution in [0.15, 0.2) is 73.1 Å². The van der Waals surface area contributed by atoms with E-state index in [1.807, 2.05) is 65.8 Å². The minimum absolute atomic E-state index is 0.000791. The zero-order valence-electron chi connectivity index (χ0n) is 18.2. The van der Waals surface area contributed by atoms with Gasteiger partial charge < -0.3 is 14.4 Å². The zero-order chi connectivity index (χ0) is 21.8. The molecule has 1 fully saturated rings. The van der Waals surface area contributed by atoms with Crippen molar-refractivity contribution in [1.82, 2.24) is 9.47 Å². The average Bonchev–Trinajstić information content (AvgIpc) is 3.33. The van der Waals surface area contributed by atoms with Crippen LogP contribution in [0.1, 0.15) is 40.9 Å². The summed E-state index contributed by atoms with van der Waals surface area (Å²) in [5.41, 5.74) is 4.22. The fourth-order valence-corrected chi connectivity index (χ4v) is 4.31. The second kappa shape index (κ2) is 9.21. The van der Waals surface area contributed by atoms with Crippen LogP contribution in [-0.4, -0.2) is 47.3 Å². The van der Waals surface area contributed by atoms with Crippen molar-refractivity contribution < 1.29 is 9.59 Å². The molecule has 0 spiro atoms. The minimum atomic E-state index is 0.000791. The van der Waals surface area contributed by atoms with E-state index in [1.165, 1.54) is 11.1 Å². The predicted molar refractivity (Wildman–Crippen MR) is 124 cm³/mol. The van der Waals surface area contributed by atoms with Crippen molar-refractivity contribution in [3.05, 3.63) is 89.7 Å². The summed E-state index contributed by atoms with van der Waals surface area (Å²) in [6.45, 7) is 6.69. The number of aryl methyl sites for hydroxylation is 1. The number of nitrogens with zero attached hydrogens (tertiary/aromatic N) is 3. The number of carbonyl (C=O) groups is 2. The number of benzene rings is 2. The van der Waals surface area contributed by atoms with Gasteiger partial charge in [-0.3, -0.25) is 9.59 Å². The Bertz CT molecular complexity index is 1030. The second-order valence-electron chi connectivity index (χ2n) is 8.18. The van der Waals surface area contributed by atoms with Crippen molar-refractivity contribution in [3.8, 4) is 0 Å². The molecule has 0 saturated carbocycles. The monoisotopic (exact) mass is 415 g/mol. The summed E-state index contributed by atoms with van der Waals surface area (Å²) in [7, 11) is 0. The fourth-order valence-electron chi connectivity index (χ4n) is 4.31. The van der Waals surface area contributed by atoms with Crippen LogP contribution >= 0.6 is 0 Å². The largest absolute Gasteiger partial charge is 0.368 e.